The van der Waals surface area contributed by atoms with Crippen LogP contribution in [-0.4, -0.2) is 44.6 Å². The zero-order valence-electron chi connectivity index (χ0n) is 15.1. The van der Waals surface area contributed by atoms with Crippen LogP contribution in [0.2, 0.25) is 0 Å². The van der Waals surface area contributed by atoms with Crippen molar-refractivity contribution in [3.8, 4) is 0 Å². The summed E-state index contributed by atoms with van der Waals surface area (Å²) in [7, 11) is 0. The van der Waals surface area contributed by atoms with Gasteiger partial charge in [-0.05, 0) is 36.4 Å². The van der Waals surface area contributed by atoms with Crippen LogP contribution in [0.4, 0.5) is 0 Å². The zero-order valence-corrected chi connectivity index (χ0v) is 17.5. The van der Waals surface area contributed by atoms with Gasteiger partial charge < -0.3 is 4.90 Å². The molecule has 0 saturated carbocycles. The number of carbonyl (C=O) groups excluding carboxylic acids is 1. The van der Waals surface area contributed by atoms with Crippen molar-refractivity contribution >= 4 is 60.8 Å². The van der Waals surface area contributed by atoms with Gasteiger partial charge in [0, 0.05) is 24.4 Å². The van der Waals surface area contributed by atoms with Gasteiger partial charge in [0.1, 0.15) is 16.2 Å². The molecule has 28 heavy (non-hydrogen) atoms. The van der Waals surface area contributed by atoms with Gasteiger partial charge >= 0.3 is 0 Å². The number of benzene rings is 1. The van der Waals surface area contributed by atoms with Gasteiger partial charge in [-0.2, -0.15) is 0 Å². The Kier molecular flexibility index (Phi) is 5.00. The first-order valence-electron chi connectivity index (χ1n) is 9.22. The summed E-state index contributed by atoms with van der Waals surface area (Å²) >= 11 is 4.87. The Morgan fingerprint density at radius 2 is 2.18 bits per heavy atom. The minimum absolute atomic E-state index is 0.179. The predicted molar refractivity (Wildman–Crippen MR) is 116 cm³/mol. The highest BCUT2D eigenvalue weighted by atomic mass is 32.2. The molecule has 4 aromatic rings. The van der Waals surface area contributed by atoms with E-state index < -0.39 is 0 Å². The number of fused-ring (bicyclic) bond motifs is 2. The fourth-order valence-electron chi connectivity index (χ4n) is 3.57. The summed E-state index contributed by atoms with van der Waals surface area (Å²) in [6.45, 7) is 1.59. The second-order valence-electron chi connectivity index (χ2n) is 6.81. The van der Waals surface area contributed by atoms with Gasteiger partial charge in [0.2, 0.25) is 5.91 Å². The lowest BCUT2D eigenvalue weighted by atomic mass is 9.99. The molecule has 1 amide bonds. The number of thiophene rings is 1. The van der Waals surface area contributed by atoms with E-state index in [1.807, 2.05) is 22.4 Å². The third-order valence-corrected chi connectivity index (χ3v) is 8.00. The fraction of sp³-hybridized carbons (Fsp3) is 0.300. The van der Waals surface area contributed by atoms with Crippen LogP contribution in [0.3, 0.4) is 0 Å². The van der Waals surface area contributed by atoms with E-state index in [0.717, 1.165) is 51.7 Å². The Morgan fingerprint density at radius 3 is 3.11 bits per heavy atom. The number of aromatic nitrogens is 3. The molecule has 1 fully saturated rings. The maximum Gasteiger partial charge on any atom is 0.233 e. The van der Waals surface area contributed by atoms with Gasteiger partial charge in [-0.3, -0.25) is 4.79 Å². The lowest BCUT2D eigenvalue weighted by Crippen LogP contribution is -2.40. The number of hydrogen-bond acceptors (Lipinski definition) is 7. The highest BCUT2D eigenvalue weighted by Gasteiger charge is 2.27. The van der Waals surface area contributed by atoms with E-state index in [9.17, 15) is 4.79 Å². The molecule has 0 unspecified atom stereocenters. The summed E-state index contributed by atoms with van der Waals surface area (Å²) in [5, 5.41) is 5.09. The molecule has 1 aromatic carbocycles. The number of carbonyl (C=O) groups is 1. The monoisotopic (exact) mass is 426 g/mol. The van der Waals surface area contributed by atoms with Crippen LogP contribution in [-0.2, 0) is 4.79 Å². The maximum absolute atomic E-state index is 12.8. The minimum atomic E-state index is 0.179. The van der Waals surface area contributed by atoms with Crippen molar-refractivity contribution < 1.29 is 4.79 Å². The van der Waals surface area contributed by atoms with Crippen LogP contribution >= 0.6 is 34.4 Å². The Balaban J connectivity index is 1.26. The SMILES string of the molecule is O=C(CSc1ncnc2sccc12)N1CCC[C@@H](c2nc3ccccc3s2)C1. The minimum Gasteiger partial charge on any atom is -0.341 e. The largest absolute Gasteiger partial charge is 0.341 e. The van der Waals surface area contributed by atoms with Crippen molar-refractivity contribution in [2.75, 3.05) is 18.8 Å². The standard InChI is InChI=1S/C20H18N4OS3/c25-17(11-27-20-14-7-9-26-19(14)21-12-22-20)24-8-3-4-13(10-24)18-23-15-5-1-2-6-16(15)28-18/h1-2,5-7,9,12-13H,3-4,8,10-11H2/t13-/m1/s1. The van der Waals surface area contributed by atoms with Gasteiger partial charge in [-0.1, -0.05) is 23.9 Å². The molecular weight excluding hydrogens is 408 g/mol. The number of rotatable bonds is 4. The summed E-state index contributed by atoms with van der Waals surface area (Å²) in [4.78, 5) is 29.3. The number of hydrogen-bond donors (Lipinski definition) is 0. The Hall–Kier alpha value is -2.03. The molecule has 1 saturated heterocycles. The molecule has 5 nitrogen and oxygen atoms in total. The van der Waals surface area contributed by atoms with Crippen LogP contribution in [0.5, 0.6) is 0 Å². The molecule has 0 aliphatic carbocycles. The van der Waals surface area contributed by atoms with Crippen molar-refractivity contribution in [3.05, 3.63) is 47.0 Å². The van der Waals surface area contributed by atoms with Gasteiger partial charge in [-0.15, -0.1) is 22.7 Å². The molecule has 0 bridgehead atoms. The molecular formula is C20H18N4OS3. The second kappa shape index (κ2) is 7.77. The average Bonchev–Trinajstić information content (AvgIpc) is 3.39. The van der Waals surface area contributed by atoms with E-state index in [-0.39, 0.29) is 5.91 Å². The highest BCUT2D eigenvalue weighted by Crippen LogP contribution is 2.33. The first kappa shape index (κ1) is 18.0. The fourth-order valence-corrected chi connectivity index (χ4v) is 6.35. The topological polar surface area (TPSA) is 59.0 Å². The van der Waals surface area contributed by atoms with Gasteiger partial charge in [0.15, 0.2) is 0 Å². The van der Waals surface area contributed by atoms with Crippen molar-refractivity contribution in [3.63, 3.8) is 0 Å². The van der Waals surface area contributed by atoms with E-state index in [4.69, 9.17) is 4.98 Å². The average molecular weight is 427 g/mol. The van der Waals surface area contributed by atoms with Crippen molar-refractivity contribution in [1.82, 2.24) is 19.9 Å². The molecule has 0 radical (unpaired) electrons. The molecule has 3 aromatic heterocycles. The number of thioether (sulfide) groups is 1. The Morgan fingerprint density at radius 1 is 1.25 bits per heavy atom. The molecule has 0 spiro atoms. The molecule has 1 aliphatic rings. The summed E-state index contributed by atoms with van der Waals surface area (Å²) in [5.74, 6) is 0.926. The van der Waals surface area contributed by atoms with Crippen molar-refractivity contribution in [2.45, 2.75) is 23.8 Å². The number of likely N-dealkylation sites (tertiary alicyclic amines) is 1. The lowest BCUT2D eigenvalue weighted by Gasteiger charge is -2.31. The van der Waals surface area contributed by atoms with Gasteiger partial charge in [-0.25, -0.2) is 15.0 Å². The van der Waals surface area contributed by atoms with Crippen LogP contribution in [0.25, 0.3) is 20.4 Å². The Labute approximate surface area is 174 Å². The van der Waals surface area contributed by atoms with E-state index >= 15 is 0 Å². The first-order chi connectivity index (χ1) is 13.8. The molecule has 1 aliphatic heterocycles. The number of nitrogens with zero attached hydrogens (tertiary/aromatic N) is 4. The smallest absolute Gasteiger partial charge is 0.233 e. The molecule has 142 valence electrons. The highest BCUT2D eigenvalue weighted by molar-refractivity contribution is 8.00. The van der Waals surface area contributed by atoms with Crippen molar-refractivity contribution in [2.24, 2.45) is 0 Å². The van der Waals surface area contributed by atoms with E-state index in [2.05, 4.69) is 28.2 Å². The number of piperidine rings is 1. The van der Waals surface area contributed by atoms with Crippen LogP contribution < -0.4 is 0 Å². The summed E-state index contributed by atoms with van der Waals surface area (Å²) in [5.41, 5.74) is 1.06. The number of thiazole rings is 1. The van der Waals surface area contributed by atoms with E-state index in [1.54, 1.807) is 29.0 Å². The van der Waals surface area contributed by atoms with E-state index in [1.165, 1.54) is 16.5 Å². The molecule has 8 heteroatoms. The first-order valence-corrected chi connectivity index (χ1v) is 11.9. The van der Waals surface area contributed by atoms with Crippen LogP contribution in [0.1, 0.15) is 23.8 Å². The Bertz CT molecular complexity index is 1110. The third-order valence-electron chi connectivity index (χ3n) is 4.99. The van der Waals surface area contributed by atoms with Crippen LogP contribution in [0, 0.1) is 0 Å². The molecule has 0 N–H and O–H groups in total. The molecule has 5 rings (SSSR count). The van der Waals surface area contributed by atoms with Crippen LogP contribution in [0.15, 0.2) is 47.1 Å². The van der Waals surface area contributed by atoms with Gasteiger partial charge in [0.05, 0.1) is 21.0 Å². The quantitative estimate of drug-likeness (QED) is 0.347. The van der Waals surface area contributed by atoms with E-state index in [0.29, 0.717) is 11.7 Å². The normalized spacial score (nSPS) is 17.4. The summed E-state index contributed by atoms with van der Waals surface area (Å²) < 4.78 is 1.22. The number of amides is 1. The lowest BCUT2D eigenvalue weighted by molar-refractivity contribution is -0.129. The van der Waals surface area contributed by atoms with Crippen molar-refractivity contribution in [1.29, 1.82) is 0 Å². The maximum atomic E-state index is 12.8. The van der Waals surface area contributed by atoms with Gasteiger partial charge in [0.25, 0.3) is 0 Å². The second-order valence-corrected chi connectivity index (χ2v) is 9.73. The molecule has 4 heterocycles. The summed E-state index contributed by atoms with van der Waals surface area (Å²) in [6.07, 6.45) is 3.70. The number of para-hydroxylation sites is 1. The zero-order chi connectivity index (χ0) is 18.9. The molecule has 1 atom stereocenters. The predicted octanol–water partition coefficient (Wildman–Crippen LogP) is 4.80. The summed E-state index contributed by atoms with van der Waals surface area (Å²) in [6, 6.07) is 10.3. The third kappa shape index (κ3) is 3.52.